The van der Waals surface area contributed by atoms with Crippen LogP contribution in [0.1, 0.15) is 53.9 Å². The zero-order valence-corrected chi connectivity index (χ0v) is 18.2. The molecule has 2 amide bonds. The second kappa shape index (κ2) is 9.98. The van der Waals surface area contributed by atoms with E-state index in [9.17, 15) is 9.59 Å². The molecule has 0 spiro atoms. The van der Waals surface area contributed by atoms with Crippen molar-refractivity contribution in [1.82, 2.24) is 20.0 Å². The fourth-order valence-electron chi connectivity index (χ4n) is 3.60. The van der Waals surface area contributed by atoms with Gasteiger partial charge in [0.25, 0.3) is 0 Å². The number of nitrogens with zero attached hydrogens (tertiary/aromatic N) is 4. The summed E-state index contributed by atoms with van der Waals surface area (Å²) in [5, 5.41) is 3.36. The van der Waals surface area contributed by atoms with Crippen molar-refractivity contribution in [2.75, 3.05) is 45.8 Å². The molecule has 1 atom stereocenters. The summed E-state index contributed by atoms with van der Waals surface area (Å²) in [6, 6.07) is 0.0655. The Kier molecular flexibility index (Phi) is 7.95. The molecule has 0 aromatic heterocycles. The van der Waals surface area contributed by atoms with Crippen molar-refractivity contribution in [2.24, 2.45) is 4.99 Å². The summed E-state index contributed by atoms with van der Waals surface area (Å²) in [6.07, 6.45) is 2.81. The molecule has 1 unspecified atom stereocenters. The van der Waals surface area contributed by atoms with E-state index < -0.39 is 5.60 Å². The van der Waals surface area contributed by atoms with Crippen molar-refractivity contribution in [3.8, 4) is 0 Å². The van der Waals surface area contributed by atoms with Crippen LogP contribution in [0.2, 0.25) is 0 Å². The van der Waals surface area contributed by atoms with Gasteiger partial charge in [-0.15, -0.1) is 0 Å². The summed E-state index contributed by atoms with van der Waals surface area (Å²) >= 11 is 0. The van der Waals surface area contributed by atoms with E-state index in [1.54, 1.807) is 6.92 Å². The van der Waals surface area contributed by atoms with Crippen LogP contribution >= 0.6 is 0 Å². The number of likely N-dealkylation sites (tertiary alicyclic amines) is 1. The molecule has 2 saturated heterocycles. The Morgan fingerprint density at radius 2 is 1.71 bits per heavy atom. The van der Waals surface area contributed by atoms with Crippen molar-refractivity contribution >= 4 is 18.0 Å². The van der Waals surface area contributed by atoms with Gasteiger partial charge >= 0.3 is 6.09 Å². The number of piperazine rings is 1. The maximum absolute atomic E-state index is 12.6. The highest BCUT2D eigenvalue weighted by molar-refractivity contribution is 5.80. The monoisotopic (exact) mass is 395 g/mol. The number of carbonyl (C=O) groups is 2. The van der Waals surface area contributed by atoms with Crippen LogP contribution in [-0.2, 0) is 9.53 Å². The summed E-state index contributed by atoms with van der Waals surface area (Å²) in [5.41, 5.74) is -0.492. The molecule has 8 heteroatoms. The van der Waals surface area contributed by atoms with E-state index >= 15 is 0 Å². The van der Waals surface area contributed by atoms with E-state index in [-0.39, 0.29) is 18.0 Å². The number of ether oxygens (including phenoxy) is 1. The van der Waals surface area contributed by atoms with Crippen LogP contribution in [0.3, 0.4) is 0 Å². The third kappa shape index (κ3) is 6.56. The maximum atomic E-state index is 12.6. The highest BCUT2D eigenvalue weighted by atomic mass is 16.6. The normalized spacial score (nSPS) is 21.5. The molecule has 0 bridgehead atoms. The molecule has 0 aliphatic carbocycles. The van der Waals surface area contributed by atoms with Crippen LogP contribution in [0.4, 0.5) is 4.79 Å². The van der Waals surface area contributed by atoms with Crippen LogP contribution in [0.5, 0.6) is 0 Å². The second-order valence-corrected chi connectivity index (χ2v) is 8.51. The van der Waals surface area contributed by atoms with Gasteiger partial charge in [-0.1, -0.05) is 0 Å². The Morgan fingerprint density at radius 3 is 2.29 bits per heavy atom. The van der Waals surface area contributed by atoms with Gasteiger partial charge in [0.1, 0.15) is 5.60 Å². The summed E-state index contributed by atoms with van der Waals surface area (Å²) in [6.45, 7) is 14.4. The van der Waals surface area contributed by atoms with Crippen molar-refractivity contribution in [2.45, 2.75) is 65.5 Å². The van der Waals surface area contributed by atoms with Gasteiger partial charge in [-0.25, -0.2) is 4.79 Å². The Labute approximate surface area is 169 Å². The lowest BCUT2D eigenvalue weighted by Gasteiger charge is -2.38. The van der Waals surface area contributed by atoms with Crippen molar-refractivity contribution < 1.29 is 14.3 Å². The molecule has 2 fully saturated rings. The molecule has 28 heavy (non-hydrogen) atoms. The topological polar surface area (TPSA) is 77.5 Å². The minimum Gasteiger partial charge on any atom is -0.444 e. The first-order chi connectivity index (χ1) is 13.2. The Bertz CT molecular complexity index is 565. The predicted octanol–water partition coefficient (Wildman–Crippen LogP) is 1.91. The highest BCUT2D eigenvalue weighted by Crippen LogP contribution is 2.21. The molecule has 1 N–H and O–H groups in total. The van der Waals surface area contributed by atoms with E-state index in [0.717, 1.165) is 51.4 Å². The van der Waals surface area contributed by atoms with E-state index in [2.05, 4.69) is 17.1 Å². The Balaban J connectivity index is 2.01. The summed E-state index contributed by atoms with van der Waals surface area (Å²) in [4.78, 5) is 34.9. The number of amides is 2. The average molecular weight is 396 g/mol. The molecule has 8 nitrogen and oxygen atoms in total. The summed E-state index contributed by atoms with van der Waals surface area (Å²) in [5.74, 6) is 0.984. The van der Waals surface area contributed by atoms with Gasteiger partial charge < -0.3 is 24.8 Å². The molecule has 2 rings (SSSR count). The number of hydrogen-bond donors (Lipinski definition) is 1. The van der Waals surface area contributed by atoms with Crippen LogP contribution < -0.4 is 5.32 Å². The quantitative estimate of drug-likeness (QED) is 0.583. The minimum atomic E-state index is -0.492. The lowest BCUT2D eigenvalue weighted by atomic mass is 10.0. The molecule has 2 heterocycles. The lowest BCUT2D eigenvalue weighted by Crippen LogP contribution is -2.54. The number of guanidine groups is 1. The van der Waals surface area contributed by atoms with E-state index in [1.165, 1.54) is 0 Å². The van der Waals surface area contributed by atoms with Crippen LogP contribution in [0.25, 0.3) is 0 Å². The maximum Gasteiger partial charge on any atom is 0.410 e. The standard InChI is InChI=1S/C20H37N5O3/c1-6-21-18(24-13-11-23(12-14-24)16(2)26)22-15-17-9-7-8-10-25(17)19(27)28-20(3,4)5/h17H,6-15H2,1-5H3,(H,21,22). The van der Waals surface area contributed by atoms with Crippen LogP contribution in [0, 0.1) is 0 Å². The first-order valence-corrected chi connectivity index (χ1v) is 10.5. The molecular formula is C20H37N5O3. The smallest absolute Gasteiger partial charge is 0.410 e. The highest BCUT2D eigenvalue weighted by Gasteiger charge is 2.30. The fourth-order valence-corrected chi connectivity index (χ4v) is 3.60. The van der Waals surface area contributed by atoms with Gasteiger partial charge in [0.05, 0.1) is 12.6 Å². The third-order valence-corrected chi connectivity index (χ3v) is 5.07. The Morgan fingerprint density at radius 1 is 1.07 bits per heavy atom. The summed E-state index contributed by atoms with van der Waals surface area (Å²) < 4.78 is 5.59. The molecule has 0 aromatic carbocycles. The van der Waals surface area contributed by atoms with Crippen molar-refractivity contribution in [3.63, 3.8) is 0 Å². The number of carbonyl (C=O) groups excluding carboxylic acids is 2. The Hall–Kier alpha value is -1.99. The minimum absolute atomic E-state index is 0.0655. The van der Waals surface area contributed by atoms with Gasteiger partial charge in [0.2, 0.25) is 5.91 Å². The SMILES string of the molecule is CCNC(=NCC1CCCCN1C(=O)OC(C)(C)C)N1CCN(C(C)=O)CC1. The van der Waals surface area contributed by atoms with Gasteiger partial charge in [-0.2, -0.15) is 0 Å². The third-order valence-electron chi connectivity index (χ3n) is 5.07. The molecule has 2 aliphatic rings. The van der Waals surface area contributed by atoms with Gasteiger partial charge in [0, 0.05) is 46.2 Å². The van der Waals surface area contributed by atoms with Crippen molar-refractivity contribution in [1.29, 1.82) is 0 Å². The molecule has 0 aromatic rings. The number of piperidine rings is 1. The fraction of sp³-hybridized carbons (Fsp3) is 0.850. The van der Waals surface area contributed by atoms with E-state index in [0.29, 0.717) is 19.6 Å². The number of rotatable bonds is 3. The lowest BCUT2D eigenvalue weighted by molar-refractivity contribution is -0.130. The second-order valence-electron chi connectivity index (χ2n) is 8.51. The van der Waals surface area contributed by atoms with Crippen LogP contribution in [0.15, 0.2) is 4.99 Å². The molecule has 160 valence electrons. The molecule has 2 aliphatic heterocycles. The van der Waals surface area contributed by atoms with E-state index in [4.69, 9.17) is 9.73 Å². The number of aliphatic imine (C=N–C) groups is 1. The summed E-state index contributed by atoms with van der Waals surface area (Å²) in [7, 11) is 0. The van der Waals surface area contributed by atoms with E-state index in [1.807, 2.05) is 30.6 Å². The number of nitrogens with one attached hydrogen (secondary N) is 1. The van der Waals surface area contributed by atoms with Gasteiger partial charge in [-0.05, 0) is 47.0 Å². The van der Waals surface area contributed by atoms with Gasteiger partial charge in [-0.3, -0.25) is 9.79 Å². The zero-order chi connectivity index (χ0) is 20.7. The average Bonchev–Trinajstić information content (AvgIpc) is 2.64. The first-order valence-electron chi connectivity index (χ1n) is 10.5. The molecule has 0 saturated carbocycles. The molecule has 0 radical (unpaired) electrons. The first kappa shape index (κ1) is 22.3. The number of hydrogen-bond acceptors (Lipinski definition) is 4. The largest absolute Gasteiger partial charge is 0.444 e. The van der Waals surface area contributed by atoms with Gasteiger partial charge in [0.15, 0.2) is 5.96 Å². The zero-order valence-electron chi connectivity index (χ0n) is 18.2. The molecular weight excluding hydrogens is 358 g/mol. The van der Waals surface area contributed by atoms with Crippen molar-refractivity contribution in [3.05, 3.63) is 0 Å². The predicted molar refractivity (Wildman–Crippen MR) is 110 cm³/mol. The van der Waals surface area contributed by atoms with Crippen LogP contribution in [-0.4, -0.2) is 90.1 Å².